The van der Waals surface area contributed by atoms with Gasteiger partial charge in [0.15, 0.2) is 0 Å². The standard InChI is InChI=1S/C22H23NOS/c1-3-5-15-24-20-13-11-18(12-14-20)17-7-9-19(10-8-17)22-23-16-21(25-22)6-4-2/h3,5,7-14,16H,4,6,15H2,1-2H3. The molecular weight excluding hydrogens is 326 g/mol. The lowest BCUT2D eigenvalue weighted by Gasteiger charge is -2.06. The third kappa shape index (κ3) is 4.58. The second-order valence-electron chi connectivity index (χ2n) is 5.86. The highest BCUT2D eigenvalue weighted by Crippen LogP contribution is 2.29. The number of nitrogens with zero attached hydrogens (tertiary/aromatic N) is 1. The molecule has 0 spiro atoms. The molecule has 0 fully saturated rings. The quantitative estimate of drug-likeness (QED) is 0.461. The van der Waals surface area contributed by atoms with Crippen LogP contribution in [-0.4, -0.2) is 11.6 Å². The summed E-state index contributed by atoms with van der Waals surface area (Å²) in [6.45, 7) is 4.80. The molecule has 0 unspecified atom stereocenters. The Hall–Kier alpha value is -2.39. The van der Waals surface area contributed by atoms with Gasteiger partial charge in [-0.1, -0.05) is 61.9 Å². The average Bonchev–Trinajstić information content (AvgIpc) is 3.12. The van der Waals surface area contributed by atoms with E-state index in [-0.39, 0.29) is 0 Å². The van der Waals surface area contributed by atoms with Crippen molar-refractivity contribution in [2.24, 2.45) is 0 Å². The summed E-state index contributed by atoms with van der Waals surface area (Å²) >= 11 is 1.79. The molecule has 3 rings (SSSR count). The molecule has 2 aromatic carbocycles. The zero-order valence-corrected chi connectivity index (χ0v) is 15.6. The van der Waals surface area contributed by atoms with Crippen LogP contribution >= 0.6 is 11.3 Å². The van der Waals surface area contributed by atoms with E-state index in [4.69, 9.17) is 4.74 Å². The molecule has 3 heteroatoms. The Morgan fingerprint density at radius 3 is 2.24 bits per heavy atom. The summed E-state index contributed by atoms with van der Waals surface area (Å²) in [4.78, 5) is 5.91. The first kappa shape index (κ1) is 17.4. The molecule has 1 aromatic heterocycles. The van der Waals surface area contributed by atoms with Crippen molar-refractivity contribution in [3.63, 3.8) is 0 Å². The molecule has 0 saturated carbocycles. The van der Waals surface area contributed by atoms with Crippen molar-refractivity contribution < 1.29 is 4.74 Å². The first-order chi connectivity index (χ1) is 12.3. The summed E-state index contributed by atoms with van der Waals surface area (Å²) in [6, 6.07) is 16.9. The molecule has 0 radical (unpaired) electrons. The van der Waals surface area contributed by atoms with E-state index in [0.717, 1.165) is 23.6 Å². The lowest BCUT2D eigenvalue weighted by molar-refractivity contribution is 0.363. The lowest BCUT2D eigenvalue weighted by atomic mass is 10.0. The maximum absolute atomic E-state index is 5.64. The molecule has 0 aliphatic rings. The van der Waals surface area contributed by atoms with Crippen LogP contribution in [0, 0.1) is 0 Å². The largest absolute Gasteiger partial charge is 0.490 e. The minimum atomic E-state index is 0.610. The fraction of sp³-hybridized carbons (Fsp3) is 0.227. The van der Waals surface area contributed by atoms with Gasteiger partial charge in [0.2, 0.25) is 0 Å². The van der Waals surface area contributed by atoms with Gasteiger partial charge in [0, 0.05) is 16.6 Å². The summed E-state index contributed by atoms with van der Waals surface area (Å²) in [5.41, 5.74) is 3.58. The van der Waals surface area contributed by atoms with Gasteiger partial charge in [0.1, 0.15) is 17.4 Å². The number of aromatic nitrogens is 1. The zero-order valence-electron chi connectivity index (χ0n) is 14.7. The van der Waals surface area contributed by atoms with E-state index >= 15 is 0 Å². The smallest absolute Gasteiger partial charge is 0.123 e. The van der Waals surface area contributed by atoms with E-state index in [1.165, 1.54) is 21.6 Å². The predicted molar refractivity (Wildman–Crippen MR) is 107 cm³/mol. The van der Waals surface area contributed by atoms with Crippen LogP contribution in [0.2, 0.25) is 0 Å². The molecule has 0 atom stereocenters. The van der Waals surface area contributed by atoms with Gasteiger partial charge in [0.25, 0.3) is 0 Å². The molecular formula is C22H23NOS. The summed E-state index contributed by atoms with van der Waals surface area (Å²) in [5, 5.41) is 1.10. The van der Waals surface area contributed by atoms with Crippen LogP contribution in [0.4, 0.5) is 0 Å². The third-order valence-electron chi connectivity index (χ3n) is 3.95. The monoisotopic (exact) mass is 349 g/mol. The number of hydrogen-bond donors (Lipinski definition) is 0. The molecule has 0 aliphatic heterocycles. The number of aryl methyl sites for hydroxylation is 1. The van der Waals surface area contributed by atoms with E-state index in [9.17, 15) is 0 Å². The highest BCUT2D eigenvalue weighted by atomic mass is 32.1. The minimum Gasteiger partial charge on any atom is -0.490 e. The Labute approximate surface area is 153 Å². The summed E-state index contributed by atoms with van der Waals surface area (Å²) in [5.74, 6) is 0.893. The maximum Gasteiger partial charge on any atom is 0.123 e. The van der Waals surface area contributed by atoms with Gasteiger partial charge in [-0.3, -0.25) is 0 Å². The van der Waals surface area contributed by atoms with E-state index in [2.05, 4.69) is 48.3 Å². The molecule has 25 heavy (non-hydrogen) atoms. The van der Waals surface area contributed by atoms with Gasteiger partial charge >= 0.3 is 0 Å². The number of benzene rings is 2. The van der Waals surface area contributed by atoms with Gasteiger partial charge < -0.3 is 4.74 Å². The van der Waals surface area contributed by atoms with Gasteiger partial charge in [-0.25, -0.2) is 4.98 Å². The Bertz CT molecular complexity index is 816. The second kappa shape index (κ2) is 8.63. The van der Waals surface area contributed by atoms with Gasteiger partial charge in [-0.2, -0.15) is 0 Å². The van der Waals surface area contributed by atoms with Crippen molar-refractivity contribution in [3.05, 3.63) is 71.8 Å². The average molecular weight is 349 g/mol. The van der Waals surface area contributed by atoms with Crippen molar-refractivity contribution in [1.82, 2.24) is 4.98 Å². The number of thiazole rings is 1. The Morgan fingerprint density at radius 2 is 1.60 bits per heavy atom. The fourth-order valence-corrected chi connectivity index (χ4v) is 3.61. The minimum absolute atomic E-state index is 0.610. The molecule has 2 nitrogen and oxygen atoms in total. The van der Waals surface area contributed by atoms with E-state index in [1.807, 2.05) is 37.4 Å². The molecule has 0 bridgehead atoms. The Balaban J connectivity index is 1.71. The fourth-order valence-electron chi connectivity index (χ4n) is 2.59. The van der Waals surface area contributed by atoms with Gasteiger partial charge in [-0.05, 0) is 36.6 Å². The molecule has 0 amide bonds. The van der Waals surface area contributed by atoms with Crippen molar-refractivity contribution >= 4 is 11.3 Å². The van der Waals surface area contributed by atoms with E-state index in [1.54, 1.807) is 11.3 Å². The molecule has 0 N–H and O–H groups in total. The normalized spacial score (nSPS) is 11.1. The van der Waals surface area contributed by atoms with E-state index in [0.29, 0.717) is 6.61 Å². The Morgan fingerprint density at radius 1 is 0.960 bits per heavy atom. The number of rotatable bonds is 7. The van der Waals surface area contributed by atoms with Crippen LogP contribution in [0.15, 0.2) is 66.9 Å². The van der Waals surface area contributed by atoms with Gasteiger partial charge in [-0.15, -0.1) is 11.3 Å². The Kier molecular flexibility index (Phi) is 6.02. The van der Waals surface area contributed by atoms with Crippen molar-refractivity contribution in [2.75, 3.05) is 6.61 Å². The first-order valence-electron chi connectivity index (χ1n) is 8.69. The molecule has 0 saturated heterocycles. The van der Waals surface area contributed by atoms with Crippen molar-refractivity contribution in [1.29, 1.82) is 0 Å². The second-order valence-corrected chi connectivity index (χ2v) is 6.98. The van der Waals surface area contributed by atoms with Crippen molar-refractivity contribution in [3.8, 4) is 27.4 Å². The highest BCUT2D eigenvalue weighted by molar-refractivity contribution is 7.15. The molecule has 3 aromatic rings. The lowest BCUT2D eigenvalue weighted by Crippen LogP contribution is -1.92. The number of allylic oxidation sites excluding steroid dienone is 1. The zero-order chi connectivity index (χ0) is 17.5. The molecule has 128 valence electrons. The van der Waals surface area contributed by atoms with Crippen LogP contribution in [-0.2, 0) is 6.42 Å². The molecule has 0 aliphatic carbocycles. The maximum atomic E-state index is 5.64. The predicted octanol–water partition coefficient (Wildman–Crippen LogP) is 6.38. The topological polar surface area (TPSA) is 22.1 Å². The molecule has 1 heterocycles. The highest BCUT2D eigenvalue weighted by Gasteiger charge is 2.05. The summed E-state index contributed by atoms with van der Waals surface area (Å²) < 4.78 is 5.64. The van der Waals surface area contributed by atoms with Crippen LogP contribution in [0.1, 0.15) is 25.1 Å². The van der Waals surface area contributed by atoms with E-state index < -0.39 is 0 Å². The summed E-state index contributed by atoms with van der Waals surface area (Å²) in [7, 11) is 0. The summed E-state index contributed by atoms with van der Waals surface area (Å²) in [6.07, 6.45) is 8.26. The van der Waals surface area contributed by atoms with Crippen molar-refractivity contribution in [2.45, 2.75) is 26.7 Å². The van der Waals surface area contributed by atoms with Crippen LogP contribution < -0.4 is 4.74 Å². The number of ether oxygens (including phenoxy) is 1. The van der Waals surface area contributed by atoms with Gasteiger partial charge in [0.05, 0.1) is 0 Å². The third-order valence-corrected chi connectivity index (χ3v) is 5.06. The van der Waals surface area contributed by atoms with Crippen LogP contribution in [0.25, 0.3) is 21.7 Å². The van der Waals surface area contributed by atoms with Crippen LogP contribution in [0.5, 0.6) is 5.75 Å². The first-order valence-corrected chi connectivity index (χ1v) is 9.51. The van der Waals surface area contributed by atoms with Crippen LogP contribution in [0.3, 0.4) is 0 Å². The SMILES string of the molecule is CC=CCOc1ccc(-c2ccc(-c3ncc(CCC)s3)cc2)cc1. The number of hydrogen-bond acceptors (Lipinski definition) is 3.